The van der Waals surface area contributed by atoms with Crippen LogP contribution in [0.5, 0.6) is 0 Å². The van der Waals surface area contributed by atoms with E-state index in [0.29, 0.717) is 0 Å². The summed E-state index contributed by atoms with van der Waals surface area (Å²) in [4.78, 5) is 25.3. The van der Waals surface area contributed by atoms with Crippen LogP contribution < -0.4 is 0 Å². The zero-order valence-corrected chi connectivity index (χ0v) is 12.9. The molecule has 6 heteroatoms. The van der Waals surface area contributed by atoms with Crippen LogP contribution in [0, 0.1) is 11.6 Å². The number of hydrogen-bond donors (Lipinski definition) is 0. The van der Waals surface area contributed by atoms with Crippen molar-refractivity contribution in [2.45, 2.75) is 45.3 Å². The fraction of sp³-hybridized carbons (Fsp3) is 0.500. The Morgan fingerprint density at radius 1 is 1.32 bits per heavy atom. The predicted octanol–water partition coefficient (Wildman–Crippen LogP) is 3.61. The minimum Gasteiger partial charge on any atom is -0.444 e. The first-order valence-corrected chi connectivity index (χ1v) is 7.13. The molecule has 1 saturated heterocycles. The molecule has 1 amide bonds. The number of rotatable bonds is 1. The molecule has 2 rings (SSSR count). The molecule has 1 aromatic rings. The summed E-state index contributed by atoms with van der Waals surface area (Å²) in [6.45, 7) is 5.29. The molecule has 1 aliphatic rings. The molecule has 1 aliphatic heterocycles. The van der Waals surface area contributed by atoms with Crippen molar-refractivity contribution in [3.8, 4) is 0 Å². The summed E-state index contributed by atoms with van der Waals surface area (Å²) < 4.78 is 32.7. The van der Waals surface area contributed by atoms with Crippen molar-refractivity contribution in [3.63, 3.8) is 0 Å². The predicted molar refractivity (Wildman–Crippen MR) is 76.3 cm³/mol. The molecule has 0 spiro atoms. The summed E-state index contributed by atoms with van der Waals surface area (Å²) in [5.41, 5.74) is -0.706. The average molecular weight is 311 g/mol. The number of ketones is 1. The normalized spacial score (nSPS) is 19.2. The van der Waals surface area contributed by atoms with E-state index in [1.54, 1.807) is 20.8 Å². The lowest BCUT2D eigenvalue weighted by molar-refractivity contribution is -0.123. The van der Waals surface area contributed by atoms with Gasteiger partial charge >= 0.3 is 6.09 Å². The number of carbonyl (C=O) groups is 2. The second-order valence-corrected chi connectivity index (χ2v) is 6.35. The van der Waals surface area contributed by atoms with Crippen molar-refractivity contribution in [1.82, 2.24) is 4.90 Å². The van der Waals surface area contributed by atoms with Crippen molar-refractivity contribution in [2.75, 3.05) is 6.54 Å². The van der Waals surface area contributed by atoms with Crippen LogP contribution in [0.4, 0.5) is 13.6 Å². The average Bonchev–Trinajstić information content (AvgIpc) is 2.39. The van der Waals surface area contributed by atoms with Gasteiger partial charge in [0.2, 0.25) is 0 Å². The van der Waals surface area contributed by atoms with E-state index in [4.69, 9.17) is 4.74 Å². The summed E-state index contributed by atoms with van der Waals surface area (Å²) >= 11 is 0. The summed E-state index contributed by atoms with van der Waals surface area (Å²) in [6.07, 6.45) is -0.486. The molecule has 1 heterocycles. The van der Waals surface area contributed by atoms with Gasteiger partial charge in [-0.3, -0.25) is 4.79 Å². The molecule has 0 aliphatic carbocycles. The molecule has 4 nitrogen and oxygen atoms in total. The maximum atomic E-state index is 14.0. The summed E-state index contributed by atoms with van der Waals surface area (Å²) in [5.74, 6) is -1.35. The number of piperidine rings is 1. The first-order chi connectivity index (χ1) is 10.2. The van der Waals surface area contributed by atoms with Crippen molar-refractivity contribution in [2.24, 2.45) is 0 Å². The van der Waals surface area contributed by atoms with Crippen molar-refractivity contribution in [1.29, 1.82) is 0 Å². The fourth-order valence-electron chi connectivity index (χ4n) is 2.42. The van der Waals surface area contributed by atoms with Crippen LogP contribution in [0.25, 0.3) is 0 Å². The van der Waals surface area contributed by atoms with E-state index >= 15 is 0 Å². The highest BCUT2D eigenvalue weighted by Crippen LogP contribution is 2.32. The van der Waals surface area contributed by atoms with Gasteiger partial charge in [0.15, 0.2) is 0 Å². The van der Waals surface area contributed by atoms with Crippen LogP contribution >= 0.6 is 0 Å². The van der Waals surface area contributed by atoms with E-state index in [0.717, 1.165) is 18.2 Å². The van der Waals surface area contributed by atoms with Gasteiger partial charge in [0.25, 0.3) is 0 Å². The number of Topliss-reactive ketones (excluding diaryl/α,β-unsaturated/α-hetero) is 1. The Hall–Kier alpha value is -1.98. The van der Waals surface area contributed by atoms with Gasteiger partial charge < -0.3 is 9.64 Å². The number of hydrogen-bond acceptors (Lipinski definition) is 3. The lowest BCUT2D eigenvalue weighted by atomic mass is 9.94. The number of nitrogens with zero attached hydrogens (tertiary/aromatic N) is 1. The second-order valence-electron chi connectivity index (χ2n) is 6.35. The van der Waals surface area contributed by atoms with Crippen LogP contribution in [0.3, 0.4) is 0 Å². The van der Waals surface area contributed by atoms with Crippen molar-refractivity contribution >= 4 is 11.9 Å². The molecule has 120 valence electrons. The summed E-state index contributed by atoms with van der Waals surface area (Å²) in [7, 11) is 0. The molecule has 0 bridgehead atoms. The number of amides is 1. The Morgan fingerprint density at radius 3 is 2.64 bits per heavy atom. The first kappa shape index (κ1) is 16.4. The van der Waals surface area contributed by atoms with Gasteiger partial charge in [-0.15, -0.1) is 0 Å². The molecule has 1 atom stereocenters. The van der Waals surface area contributed by atoms with Crippen LogP contribution in [-0.2, 0) is 9.53 Å². The number of likely N-dealkylation sites (tertiary alicyclic amines) is 1. The van der Waals surface area contributed by atoms with Crippen LogP contribution in [-0.4, -0.2) is 28.9 Å². The molecule has 1 unspecified atom stereocenters. The highest BCUT2D eigenvalue weighted by Gasteiger charge is 2.35. The van der Waals surface area contributed by atoms with Crippen molar-refractivity contribution in [3.05, 3.63) is 35.4 Å². The molecule has 0 saturated carbocycles. The summed E-state index contributed by atoms with van der Waals surface area (Å²) in [5, 5.41) is 0. The van der Waals surface area contributed by atoms with Gasteiger partial charge in [0.05, 0.1) is 6.04 Å². The topological polar surface area (TPSA) is 46.6 Å². The molecule has 1 fully saturated rings. The van der Waals surface area contributed by atoms with Gasteiger partial charge in [0, 0.05) is 24.9 Å². The maximum Gasteiger partial charge on any atom is 0.410 e. The molecule has 1 aromatic carbocycles. The van der Waals surface area contributed by atoms with E-state index in [2.05, 4.69) is 0 Å². The number of halogens is 2. The maximum absolute atomic E-state index is 14.0. The van der Waals surface area contributed by atoms with Gasteiger partial charge in [-0.1, -0.05) is 0 Å². The van der Waals surface area contributed by atoms with E-state index in [9.17, 15) is 18.4 Å². The SMILES string of the molecule is CC(C)(C)OC(=O)N1CCC(=O)CC1c1cc(F)ccc1F. The van der Waals surface area contributed by atoms with Crippen LogP contribution in [0.2, 0.25) is 0 Å². The van der Waals surface area contributed by atoms with E-state index in [-0.39, 0.29) is 30.7 Å². The Morgan fingerprint density at radius 2 is 2.00 bits per heavy atom. The Balaban J connectivity index is 2.33. The minimum atomic E-state index is -0.841. The smallest absolute Gasteiger partial charge is 0.410 e. The standard InChI is InChI=1S/C16H19F2NO3/c1-16(2,3)22-15(21)19-7-6-11(20)9-14(19)12-8-10(17)4-5-13(12)18/h4-5,8,14H,6-7,9H2,1-3H3. The quantitative estimate of drug-likeness (QED) is 0.796. The molecular formula is C16H19F2NO3. The largest absolute Gasteiger partial charge is 0.444 e. The fourth-order valence-corrected chi connectivity index (χ4v) is 2.42. The van der Waals surface area contributed by atoms with Gasteiger partial charge in [0.1, 0.15) is 23.0 Å². The highest BCUT2D eigenvalue weighted by atomic mass is 19.1. The minimum absolute atomic E-state index is 0.00101. The number of benzene rings is 1. The molecule has 0 radical (unpaired) electrons. The Bertz CT molecular complexity index is 596. The third kappa shape index (κ3) is 3.81. The number of carbonyl (C=O) groups excluding carboxylic acids is 2. The van der Waals surface area contributed by atoms with Gasteiger partial charge in [-0.05, 0) is 39.0 Å². The third-order valence-corrected chi connectivity index (χ3v) is 3.37. The van der Waals surface area contributed by atoms with E-state index in [1.165, 1.54) is 4.90 Å². The molecule has 22 heavy (non-hydrogen) atoms. The Kier molecular flexibility index (Phi) is 4.49. The zero-order valence-electron chi connectivity index (χ0n) is 12.9. The van der Waals surface area contributed by atoms with Gasteiger partial charge in [-0.25, -0.2) is 13.6 Å². The van der Waals surface area contributed by atoms with Crippen molar-refractivity contribution < 1.29 is 23.1 Å². The Labute approximate surface area is 128 Å². The summed E-state index contributed by atoms with van der Waals surface area (Å²) in [6, 6.07) is 2.18. The monoisotopic (exact) mass is 311 g/mol. The van der Waals surface area contributed by atoms with E-state index in [1.807, 2.05) is 0 Å². The molecule has 0 N–H and O–H groups in total. The lowest BCUT2D eigenvalue weighted by Crippen LogP contribution is -2.44. The lowest BCUT2D eigenvalue weighted by Gasteiger charge is -2.36. The van der Waals surface area contributed by atoms with Crippen LogP contribution in [0.15, 0.2) is 18.2 Å². The molecular weight excluding hydrogens is 292 g/mol. The number of ether oxygens (including phenoxy) is 1. The van der Waals surface area contributed by atoms with Gasteiger partial charge in [-0.2, -0.15) is 0 Å². The highest BCUT2D eigenvalue weighted by molar-refractivity contribution is 5.82. The third-order valence-electron chi connectivity index (χ3n) is 3.37. The first-order valence-electron chi connectivity index (χ1n) is 7.13. The second kappa shape index (κ2) is 6.02. The van der Waals surface area contributed by atoms with Crippen LogP contribution in [0.1, 0.15) is 45.2 Å². The van der Waals surface area contributed by atoms with E-state index < -0.39 is 29.4 Å². The molecule has 0 aromatic heterocycles. The zero-order chi connectivity index (χ0) is 16.5.